The molecule has 1 amide bonds. The number of carbonyl (C=O) groups is 1. The second-order valence-corrected chi connectivity index (χ2v) is 12.8. The van der Waals surface area contributed by atoms with Gasteiger partial charge in [0.05, 0.1) is 12.3 Å². The molecule has 0 unspecified atom stereocenters. The fourth-order valence-corrected chi connectivity index (χ4v) is 5.24. The molecule has 42 heavy (non-hydrogen) atoms. The molecule has 1 aliphatic rings. The molecule has 10 heteroatoms. The Bertz CT molecular complexity index is 1410. The molecule has 226 valence electrons. The van der Waals surface area contributed by atoms with Gasteiger partial charge in [-0.25, -0.2) is 4.79 Å². The van der Waals surface area contributed by atoms with Gasteiger partial charge in [0, 0.05) is 12.6 Å². The van der Waals surface area contributed by atoms with Crippen molar-refractivity contribution >= 4 is 16.2 Å². The van der Waals surface area contributed by atoms with Crippen LogP contribution in [0.5, 0.6) is 17.2 Å². The SMILES string of the molecule is CC(C)(C)OC(=O)N1CCC[C@@H]1[C@@H](COc1ccc(OCc2ccccc2)cc1OCc1ccccc1)OS(C)(=O)=O. The lowest BCUT2D eigenvalue weighted by molar-refractivity contribution is 0.00338. The fraction of sp³-hybridized carbons (Fsp3) is 0.406. The first-order valence-corrected chi connectivity index (χ1v) is 15.8. The summed E-state index contributed by atoms with van der Waals surface area (Å²) in [5.41, 5.74) is 1.30. The second-order valence-electron chi connectivity index (χ2n) is 11.2. The van der Waals surface area contributed by atoms with Crippen LogP contribution >= 0.6 is 0 Å². The quantitative estimate of drug-likeness (QED) is 0.236. The van der Waals surface area contributed by atoms with Crippen molar-refractivity contribution in [2.45, 2.75) is 64.6 Å². The Morgan fingerprint density at radius 2 is 1.50 bits per heavy atom. The van der Waals surface area contributed by atoms with Crippen molar-refractivity contribution < 1.29 is 36.3 Å². The molecule has 0 aliphatic carbocycles. The maximum absolute atomic E-state index is 12.9. The van der Waals surface area contributed by atoms with Crippen molar-refractivity contribution in [1.82, 2.24) is 4.90 Å². The number of carbonyl (C=O) groups excluding carboxylic acids is 1. The Hall–Kier alpha value is -3.76. The Morgan fingerprint density at radius 3 is 2.10 bits per heavy atom. The zero-order valence-electron chi connectivity index (χ0n) is 24.5. The number of nitrogens with zero attached hydrogens (tertiary/aromatic N) is 1. The standard InChI is InChI=1S/C32H39NO8S/c1-32(2,3)40-31(34)33-19-11-16-27(33)30(41-42(4,35)36)23-39-28-18-17-26(37-21-24-12-7-5-8-13-24)20-29(28)38-22-25-14-9-6-10-15-25/h5-10,12-15,17-18,20,27,30H,11,16,19,21-23H2,1-4H3/t27-,30-/m1/s1. The maximum atomic E-state index is 12.9. The summed E-state index contributed by atoms with van der Waals surface area (Å²) in [6.45, 7) is 6.32. The summed E-state index contributed by atoms with van der Waals surface area (Å²) in [7, 11) is -3.86. The van der Waals surface area contributed by atoms with Crippen molar-refractivity contribution in [3.05, 3.63) is 90.0 Å². The van der Waals surface area contributed by atoms with Crippen LogP contribution in [0.25, 0.3) is 0 Å². The van der Waals surface area contributed by atoms with E-state index < -0.39 is 34.0 Å². The average Bonchev–Trinajstić information content (AvgIpc) is 3.44. The molecule has 1 aliphatic heterocycles. The number of hydrogen-bond acceptors (Lipinski definition) is 8. The third-order valence-electron chi connectivity index (χ3n) is 6.46. The van der Waals surface area contributed by atoms with Crippen molar-refractivity contribution in [2.75, 3.05) is 19.4 Å². The molecule has 3 aromatic rings. The van der Waals surface area contributed by atoms with Crippen molar-refractivity contribution in [2.24, 2.45) is 0 Å². The number of likely N-dealkylation sites (tertiary alicyclic amines) is 1. The van der Waals surface area contributed by atoms with E-state index in [0.717, 1.165) is 17.4 Å². The first kappa shape index (κ1) is 31.2. The van der Waals surface area contributed by atoms with Gasteiger partial charge in [0.2, 0.25) is 0 Å². The van der Waals surface area contributed by atoms with Crippen LogP contribution in [0.4, 0.5) is 4.79 Å². The highest BCUT2D eigenvalue weighted by Crippen LogP contribution is 2.34. The molecule has 0 N–H and O–H groups in total. The minimum Gasteiger partial charge on any atom is -0.489 e. The van der Waals surface area contributed by atoms with E-state index in [0.29, 0.717) is 43.2 Å². The van der Waals surface area contributed by atoms with Gasteiger partial charge >= 0.3 is 6.09 Å². The number of benzene rings is 3. The third-order valence-corrected chi connectivity index (χ3v) is 7.06. The molecule has 1 fully saturated rings. The van der Waals surface area contributed by atoms with Gasteiger partial charge < -0.3 is 23.8 Å². The van der Waals surface area contributed by atoms with Crippen molar-refractivity contribution in [3.8, 4) is 17.2 Å². The molecule has 0 bridgehead atoms. The van der Waals surface area contributed by atoms with E-state index in [1.165, 1.54) is 4.90 Å². The molecular formula is C32H39NO8S. The van der Waals surface area contributed by atoms with E-state index in [9.17, 15) is 13.2 Å². The van der Waals surface area contributed by atoms with Gasteiger partial charge in [0.25, 0.3) is 10.1 Å². The van der Waals surface area contributed by atoms with E-state index >= 15 is 0 Å². The summed E-state index contributed by atoms with van der Waals surface area (Å²) in [4.78, 5) is 14.4. The molecule has 3 aromatic carbocycles. The maximum Gasteiger partial charge on any atom is 0.410 e. The van der Waals surface area contributed by atoms with E-state index in [1.807, 2.05) is 60.7 Å². The molecular weight excluding hydrogens is 558 g/mol. The van der Waals surface area contributed by atoms with Crippen LogP contribution in [0.15, 0.2) is 78.9 Å². The summed E-state index contributed by atoms with van der Waals surface area (Å²) in [5.74, 6) is 1.41. The second kappa shape index (κ2) is 13.9. The van der Waals surface area contributed by atoms with E-state index in [4.69, 9.17) is 23.1 Å². The number of amides is 1. The summed E-state index contributed by atoms with van der Waals surface area (Å²) in [6, 6.07) is 24.2. The molecule has 0 spiro atoms. The van der Waals surface area contributed by atoms with Gasteiger partial charge in [0.15, 0.2) is 11.5 Å². The minimum atomic E-state index is -3.86. The van der Waals surface area contributed by atoms with Crippen LogP contribution < -0.4 is 14.2 Å². The van der Waals surface area contributed by atoms with Crippen molar-refractivity contribution in [3.63, 3.8) is 0 Å². The summed E-state index contributed by atoms with van der Waals surface area (Å²) < 4.78 is 53.8. The highest BCUT2D eigenvalue weighted by atomic mass is 32.2. The zero-order valence-corrected chi connectivity index (χ0v) is 25.3. The molecule has 0 aromatic heterocycles. The van der Waals surface area contributed by atoms with Gasteiger partial charge in [-0.15, -0.1) is 0 Å². The molecule has 9 nitrogen and oxygen atoms in total. The van der Waals surface area contributed by atoms with Crippen LogP contribution in [0.1, 0.15) is 44.7 Å². The highest BCUT2D eigenvalue weighted by Gasteiger charge is 2.39. The van der Waals surface area contributed by atoms with E-state index in [2.05, 4.69) is 0 Å². The van der Waals surface area contributed by atoms with Crippen LogP contribution in [0.2, 0.25) is 0 Å². The molecule has 2 atom stereocenters. The molecule has 0 saturated carbocycles. The van der Waals surface area contributed by atoms with Crippen LogP contribution in [-0.4, -0.2) is 56.6 Å². The third kappa shape index (κ3) is 9.66. The predicted octanol–water partition coefficient (Wildman–Crippen LogP) is 5.97. The normalized spacial score (nSPS) is 16.1. The Kier molecular flexibility index (Phi) is 10.3. The Morgan fingerprint density at radius 1 is 0.881 bits per heavy atom. The van der Waals surface area contributed by atoms with Crippen molar-refractivity contribution in [1.29, 1.82) is 0 Å². The first-order valence-electron chi connectivity index (χ1n) is 13.9. The Labute approximate surface area is 248 Å². The number of hydrogen-bond donors (Lipinski definition) is 0. The fourth-order valence-electron chi connectivity index (χ4n) is 4.61. The zero-order chi connectivity index (χ0) is 30.2. The summed E-state index contributed by atoms with van der Waals surface area (Å²) >= 11 is 0. The topological polar surface area (TPSA) is 101 Å². The number of ether oxygens (including phenoxy) is 4. The smallest absolute Gasteiger partial charge is 0.410 e. The number of rotatable bonds is 12. The van der Waals surface area contributed by atoms with Crippen LogP contribution in [0.3, 0.4) is 0 Å². The van der Waals surface area contributed by atoms with E-state index in [-0.39, 0.29) is 13.2 Å². The lowest BCUT2D eigenvalue weighted by atomic mass is 10.1. The summed E-state index contributed by atoms with van der Waals surface area (Å²) in [5, 5.41) is 0. The van der Waals surface area contributed by atoms with Crippen LogP contribution in [-0.2, 0) is 32.3 Å². The van der Waals surface area contributed by atoms with Gasteiger partial charge in [-0.05, 0) is 56.9 Å². The summed E-state index contributed by atoms with van der Waals surface area (Å²) in [6.07, 6.45) is 0.753. The lowest BCUT2D eigenvalue weighted by Gasteiger charge is -2.32. The van der Waals surface area contributed by atoms with Gasteiger partial charge in [0.1, 0.15) is 37.3 Å². The molecule has 1 saturated heterocycles. The van der Waals surface area contributed by atoms with Crippen LogP contribution in [0, 0.1) is 0 Å². The molecule has 1 heterocycles. The molecule has 4 rings (SSSR count). The highest BCUT2D eigenvalue weighted by molar-refractivity contribution is 7.86. The largest absolute Gasteiger partial charge is 0.489 e. The van der Waals surface area contributed by atoms with Gasteiger partial charge in [-0.2, -0.15) is 8.42 Å². The molecule has 0 radical (unpaired) electrons. The van der Waals surface area contributed by atoms with E-state index in [1.54, 1.807) is 39.0 Å². The first-order chi connectivity index (χ1) is 20.0. The monoisotopic (exact) mass is 597 g/mol. The lowest BCUT2D eigenvalue weighted by Crippen LogP contribution is -2.48. The van der Waals surface area contributed by atoms with Gasteiger partial charge in [-0.3, -0.25) is 4.18 Å². The Balaban J connectivity index is 1.53. The minimum absolute atomic E-state index is 0.136. The predicted molar refractivity (Wildman–Crippen MR) is 159 cm³/mol. The van der Waals surface area contributed by atoms with Gasteiger partial charge in [-0.1, -0.05) is 60.7 Å². The average molecular weight is 598 g/mol.